The topological polar surface area (TPSA) is 78.9 Å². The number of carbonyl (C=O) groups is 3. The van der Waals surface area contributed by atoms with Gasteiger partial charge in [-0.05, 0) is 96.3 Å². The monoisotopic (exact) mass is 1080 g/mol. The summed E-state index contributed by atoms with van der Waals surface area (Å²) in [6, 6.07) is 0. The van der Waals surface area contributed by atoms with Crippen molar-refractivity contribution in [1.82, 2.24) is 0 Å². The molecule has 0 aromatic rings. The van der Waals surface area contributed by atoms with Crippen molar-refractivity contribution in [2.45, 2.75) is 329 Å². The van der Waals surface area contributed by atoms with Crippen LogP contribution in [0.4, 0.5) is 0 Å². The number of esters is 3. The molecule has 0 heterocycles. The second-order valence-corrected chi connectivity index (χ2v) is 22.0. The van der Waals surface area contributed by atoms with Gasteiger partial charge in [0.25, 0.3) is 0 Å². The summed E-state index contributed by atoms with van der Waals surface area (Å²) in [5.74, 6) is -0.915. The Labute approximate surface area is 483 Å². The van der Waals surface area contributed by atoms with Gasteiger partial charge in [-0.3, -0.25) is 14.4 Å². The van der Waals surface area contributed by atoms with Crippen LogP contribution in [0.5, 0.6) is 0 Å². The van der Waals surface area contributed by atoms with Crippen molar-refractivity contribution in [2.75, 3.05) is 13.2 Å². The quantitative estimate of drug-likeness (QED) is 0.0261. The molecule has 0 fully saturated rings. The molecule has 1 atom stereocenters. The molecule has 0 saturated heterocycles. The maximum Gasteiger partial charge on any atom is 0.306 e. The molecule has 0 radical (unpaired) electrons. The van der Waals surface area contributed by atoms with Gasteiger partial charge in [-0.25, -0.2) is 0 Å². The first-order chi connectivity index (χ1) is 38.5. The third-order valence-corrected chi connectivity index (χ3v) is 14.3. The number of hydrogen-bond acceptors (Lipinski definition) is 6. The molecule has 0 N–H and O–H groups in total. The van der Waals surface area contributed by atoms with Crippen LogP contribution in [-0.2, 0) is 28.6 Å². The molecular weight excluding hydrogens is 961 g/mol. The second-order valence-electron chi connectivity index (χ2n) is 22.0. The molecule has 0 rings (SSSR count). The van der Waals surface area contributed by atoms with Gasteiger partial charge in [-0.1, -0.05) is 304 Å². The minimum Gasteiger partial charge on any atom is -0.462 e. The Hall–Kier alpha value is -3.67. The fraction of sp³-hybridized carbons (Fsp3) is 0.736. The zero-order chi connectivity index (χ0) is 56.4. The molecule has 0 spiro atoms. The lowest BCUT2D eigenvalue weighted by Crippen LogP contribution is -2.30. The largest absolute Gasteiger partial charge is 0.462 e. The minimum absolute atomic E-state index is 0.0869. The van der Waals surface area contributed by atoms with E-state index in [0.29, 0.717) is 19.3 Å². The van der Waals surface area contributed by atoms with Crippen molar-refractivity contribution in [2.24, 2.45) is 0 Å². The highest BCUT2D eigenvalue weighted by Gasteiger charge is 2.19. The zero-order valence-electron chi connectivity index (χ0n) is 51.4. The Morgan fingerprint density at radius 3 is 0.808 bits per heavy atom. The van der Waals surface area contributed by atoms with Gasteiger partial charge in [-0.15, -0.1) is 0 Å². The smallest absolute Gasteiger partial charge is 0.306 e. The van der Waals surface area contributed by atoms with Gasteiger partial charge in [-0.2, -0.15) is 0 Å². The summed E-state index contributed by atoms with van der Waals surface area (Å²) in [5.41, 5.74) is 0. The number of hydrogen-bond donors (Lipinski definition) is 0. The maximum atomic E-state index is 12.9. The number of allylic oxidation sites excluding steroid dienone is 16. The molecular formula is C72H124O6. The molecule has 0 amide bonds. The highest BCUT2D eigenvalue weighted by Crippen LogP contribution is 2.17. The van der Waals surface area contributed by atoms with E-state index in [9.17, 15) is 14.4 Å². The average Bonchev–Trinajstić information content (AvgIpc) is 3.44. The van der Waals surface area contributed by atoms with E-state index in [-0.39, 0.29) is 31.1 Å². The standard InChI is InChI=1S/C72H124O6/c1-4-7-10-13-16-19-22-25-28-30-31-32-33-34-35-36-37-38-39-40-41-42-45-47-50-53-56-59-62-65-71(74)77-68-69(67-76-70(73)64-61-58-55-52-49-46-43-27-24-21-18-15-12-9-6-3)78-72(75)66-63-60-57-54-51-48-44-29-26-23-20-17-14-11-8-5-2/h7,9-10,12,16,18-19,21,25,27-28,31-32,43,49,52,69H,4-6,8,11,13-15,17,20,22-24,26,29-30,33-42,44-48,50-51,53-68H2,1-3H3/b10-7-,12-9-,19-16-,21-18-,28-25-,32-31-,43-27-,52-49-. The molecule has 78 heavy (non-hydrogen) atoms. The van der Waals surface area contributed by atoms with Crippen LogP contribution in [-0.4, -0.2) is 37.2 Å². The normalized spacial score (nSPS) is 12.7. The van der Waals surface area contributed by atoms with E-state index in [1.807, 2.05) is 0 Å². The molecule has 6 heteroatoms. The lowest BCUT2D eigenvalue weighted by Gasteiger charge is -2.18. The van der Waals surface area contributed by atoms with Crippen molar-refractivity contribution >= 4 is 17.9 Å². The molecule has 0 aliphatic carbocycles. The molecule has 0 aliphatic rings. The van der Waals surface area contributed by atoms with Crippen LogP contribution in [0.25, 0.3) is 0 Å². The highest BCUT2D eigenvalue weighted by molar-refractivity contribution is 5.71. The fourth-order valence-electron chi connectivity index (χ4n) is 9.43. The predicted octanol–water partition coefficient (Wildman–Crippen LogP) is 22.8. The van der Waals surface area contributed by atoms with Gasteiger partial charge in [0.15, 0.2) is 6.10 Å². The summed E-state index contributed by atoms with van der Waals surface area (Å²) in [6.07, 6.45) is 88.6. The van der Waals surface area contributed by atoms with E-state index in [2.05, 4.69) is 118 Å². The Morgan fingerprint density at radius 2 is 0.500 bits per heavy atom. The SMILES string of the molecule is CC/C=C\C/C=C\C/C=C\C/C=C\CCCCCCCCCCCCCCCCCCC(=O)OCC(COC(=O)CCCC/C=C\C/C=C\C/C=C\C/C=C\CC)OC(=O)CCCCCCCCCCCCCCCCCC. The van der Waals surface area contributed by atoms with Gasteiger partial charge in [0.05, 0.1) is 0 Å². The summed E-state index contributed by atoms with van der Waals surface area (Å²) >= 11 is 0. The van der Waals surface area contributed by atoms with Crippen molar-refractivity contribution in [3.8, 4) is 0 Å². The summed E-state index contributed by atoms with van der Waals surface area (Å²) in [5, 5.41) is 0. The maximum absolute atomic E-state index is 12.9. The van der Waals surface area contributed by atoms with Crippen LogP contribution in [0.3, 0.4) is 0 Å². The third-order valence-electron chi connectivity index (χ3n) is 14.3. The van der Waals surface area contributed by atoms with E-state index in [1.165, 1.54) is 173 Å². The van der Waals surface area contributed by atoms with Crippen molar-refractivity contribution in [3.05, 3.63) is 97.2 Å². The van der Waals surface area contributed by atoms with Crippen molar-refractivity contribution < 1.29 is 28.6 Å². The summed E-state index contributed by atoms with van der Waals surface area (Å²) in [6.45, 7) is 6.42. The van der Waals surface area contributed by atoms with E-state index in [0.717, 1.165) is 109 Å². The first-order valence-electron chi connectivity index (χ1n) is 33.2. The van der Waals surface area contributed by atoms with E-state index in [4.69, 9.17) is 14.2 Å². The Morgan fingerprint density at radius 1 is 0.269 bits per heavy atom. The van der Waals surface area contributed by atoms with Gasteiger partial charge in [0, 0.05) is 19.3 Å². The van der Waals surface area contributed by atoms with Gasteiger partial charge >= 0.3 is 17.9 Å². The van der Waals surface area contributed by atoms with Crippen LogP contribution < -0.4 is 0 Å². The van der Waals surface area contributed by atoms with Gasteiger partial charge in [0.1, 0.15) is 13.2 Å². The Kier molecular flexibility index (Phi) is 62.7. The van der Waals surface area contributed by atoms with E-state index in [1.54, 1.807) is 0 Å². The average molecular weight is 1090 g/mol. The molecule has 6 nitrogen and oxygen atoms in total. The first-order valence-corrected chi connectivity index (χ1v) is 33.2. The Balaban J connectivity index is 4.26. The molecule has 0 bridgehead atoms. The Bertz CT molecular complexity index is 1530. The minimum atomic E-state index is -0.793. The van der Waals surface area contributed by atoms with Crippen LogP contribution in [0.1, 0.15) is 323 Å². The van der Waals surface area contributed by atoms with E-state index < -0.39 is 6.10 Å². The van der Waals surface area contributed by atoms with Crippen LogP contribution in [0.15, 0.2) is 97.2 Å². The third kappa shape index (κ3) is 63.2. The second kappa shape index (κ2) is 65.8. The first kappa shape index (κ1) is 74.3. The number of ether oxygens (including phenoxy) is 3. The van der Waals surface area contributed by atoms with Gasteiger partial charge < -0.3 is 14.2 Å². The van der Waals surface area contributed by atoms with Crippen LogP contribution >= 0.6 is 0 Å². The number of carbonyl (C=O) groups excluding carboxylic acids is 3. The molecule has 1 unspecified atom stereocenters. The molecule has 448 valence electrons. The molecule has 0 aromatic carbocycles. The molecule has 0 saturated carbocycles. The summed E-state index contributed by atoms with van der Waals surface area (Å²) < 4.78 is 16.9. The van der Waals surface area contributed by atoms with Crippen LogP contribution in [0, 0.1) is 0 Å². The number of unbranched alkanes of at least 4 members (excludes halogenated alkanes) is 33. The summed E-state index contributed by atoms with van der Waals surface area (Å²) in [7, 11) is 0. The lowest BCUT2D eigenvalue weighted by atomic mass is 10.0. The van der Waals surface area contributed by atoms with E-state index >= 15 is 0 Å². The summed E-state index contributed by atoms with van der Waals surface area (Å²) in [4.78, 5) is 38.3. The number of rotatable bonds is 60. The fourth-order valence-corrected chi connectivity index (χ4v) is 9.43. The van der Waals surface area contributed by atoms with Crippen LogP contribution in [0.2, 0.25) is 0 Å². The zero-order valence-corrected chi connectivity index (χ0v) is 51.4. The van der Waals surface area contributed by atoms with Gasteiger partial charge in [0.2, 0.25) is 0 Å². The van der Waals surface area contributed by atoms with Crippen molar-refractivity contribution in [3.63, 3.8) is 0 Å². The highest BCUT2D eigenvalue weighted by atomic mass is 16.6. The van der Waals surface area contributed by atoms with Crippen molar-refractivity contribution in [1.29, 1.82) is 0 Å². The predicted molar refractivity (Wildman–Crippen MR) is 339 cm³/mol. The molecule has 0 aliphatic heterocycles. The molecule has 0 aromatic heterocycles. The lowest BCUT2D eigenvalue weighted by molar-refractivity contribution is -0.167.